The minimum Gasteiger partial charge on any atom is -0.456 e. The minimum atomic E-state index is -1.84. The lowest BCUT2D eigenvalue weighted by Crippen LogP contribution is -2.59. The zero-order valence-corrected chi connectivity index (χ0v) is 35.8. The maximum atomic E-state index is 13.5. The van der Waals surface area contributed by atoms with Crippen LogP contribution in [0.5, 0.6) is 0 Å². The number of hydrogen-bond acceptors (Lipinski definition) is 13. The molecular weight excluding hydrogens is 736 g/mol. The summed E-state index contributed by atoms with van der Waals surface area (Å²) in [4.78, 5) is 13.5. The number of allylic oxidation sites excluding steroid dienone is 5. The topological polar surface area (TPSA) is 183 Å². The summed E-state index contributed by atoms with van der Waals surface area (Å²) in [5.41, 5.74) is 0.589. The number of rotatable bonds is 11. The molecule has 326 valence electrons. The van der Waals surface area contributed by atoms with Crippen molar-refractivity contribution in [2.45, 2.75) is 186 Å². The van der Waals surface area contributed by atoms with Gasteiger partial charge in [-0.15, -0.1) is 0 Å². The summed E-state index contributed by atoms with van der Waals surface area (Å²) in [7, 11) is 1.50. The fourth-order valence-corrected chi connectivity index (χ4v) is 8.73. The third kappa shape index (κ3) is 12.1. The van der Waals surface area contributed by atoms with E-state index in [1.165, 1.54) is 13.2 Å². The van der Waals surface area contributed by atoms with E-state index in [9.17, 15) is 30.3 Å². The van der Waals surface area contributed by atoms with Gasteiger partial charge in [-0.1, -0.05) is 82.4 Å². The molecule has 0 aromatic carbocycles. The molecule has 4 heterocycles. The molecule has 57 heavy (non-hydrogen) atoms. The van der Waals surface area contributed by atoms with Crippen molar-refractivity contribution in [3.8, 4) is 0 Å². The van der Waals surface area contributed by atoms with Gasteiger partial charge in [0.15, 0.2) is 12.1 Å². The Morgan fingerprint density at radius 3 is 2.44 bits per heavy atom. The summed E-state index contributed by atoms with van der Waals surface area (Å²) in [5, 5.41) is 56.5. The highest BCUT2D eigenvalue weighted by molar-refractivity contribution is 5.82. The first-order chi connectivity index (χ1) is 26.8. The van der Waals surface area contributed by atoms with Crippen LogP contribution < -0.4 is 0 Å². The third-order valence-electron chi connectivity index (χ3n) is 12.8. The van der Waals surface area contributed by atoms with E-state index < -0.39 is 90.4 Å². The van der Waals surface area contributed by atoms with Crippen molar-refractivity contribution in [1.82, 2.24) is 0 Å². The average Bonchev–Trinajstić information content (AvgIpc) is 3.26. The van der Waals surface area contributed by atoms with Crippen molar-refractivity contribution >= 4 is 5.97 Å². The van der Waals surface area contributed by atoms with Crippen LogP contribution >= 0.6 is 0 Å². The summed E-state index contributed by atoms with van der Waals surface area (Å²) >= 11 is 0. The number of hydrogen-bond donors (Lipinski definition) is 5. The Labute approximate surface area is 340 Å². The fraction of sp³-hybridized carbons (Fsp3) is 0.795. The lowest BCUT2D eigenvalue weighted by atomic mass is 9.77. The van der Waals surface area contributed by atoms with Gasteiger partial charge in [0.25, 0.3) is 0 Å². The summed E-state index contributed by atoms with van der Waals surface area (Å²) in [6.07, 6.45) is 6.16. The molecule has 4 aliphatic heterocycles. The van der Waals surface area contributed by atoms with E-state index in [0.29, 0.717) is 12.0 Å². The van der Waals surface area contributed by atoms with Gasteiger partial charge in [-0.2, -0.15) is 0 Å². The van der Waals surface area contributed by atoms with Gasteiger partial charge in [-0.3, -0.25) is 0 Å². The summed E-state index contributed by atoms with van der Waals surface area (Å²) in [6, 6.07) is 0. The number of carbonyl (C=O) groups excluding carboxylic acids is 1. The van der Waals surface area contributed by atoms with Gasteiger partial charge in [0.2, 0.25) is 0 Å². The van der Waals surface area contributed by atoms with Crippen LogP contribution in [0.2, 0.25) is 0 Å². The molecule has 3 fully saturated rings. The molecule has 2 bridgehead atoms. The van der Waals surface area contributed by atoms with Crippen LogP contribution in [0.4, 0.5) is 0 Å². The van der Waals surface area contributed by atoms with Crippen LogP contribution in [0, 0.1) is 23.7 Å². The second kappa shape index (κ2) is 21.0. The number of aliphatic hydroxyl groups excluding tert-OH is 4. The van der Waals surface area contributed by atoms with Crippen molar-refractivity contribution in [2.24, 2.45) is 23.7 Å². The fourth-order valence-electron chi connectivity index (χ4n) is 8.73. The number of cyclic esters (lactones) is 1. The van der Waals surface area contributed by atoms with Crippen LogP contribution in [-0.4, -0.2) is 124 Å². The normalized spacial score (nSPS) is 44.6. The maximum absolute atomic E-state index is 13.5. The number of carbonyl (C=O) groups is 1. The Kier molecular flexibility index (Phi) is 17.6. The lowest BCUT2D eigenvalue weighted by Gasteiger charge is -2.49. The maximum Gasteiger partial charge on any atom is 0.331 e. The van der Waals surface area contributed by atoms with E-state index in [4.69, 9.17) is 33.2 Å². The molecule has 1 unspecified atom stereocenters. The zero-order valence-electron chi connectivity index (χ0n) is 35.8. The largest absolute Gasteiger partial charge is 0.456 e. The summed E-state index contributed by atoms with van der Waals surface area (Å²) < 4.78 is 42.7. The van der Waals surface area contributed by atoms with Gasteiger partial charge in [-0.05, 0) is 53.5 Å². The van der Waals surface area contributed by atoms with Crippen LogP contribution in [0.3, 0.4) is 0 Å². The van der Waals surface area contributed by atoms with E-state index in [1.54, 1.807) is 32.9 Å². The molecule has 3 saturated heterocycles. The first-order valence-corrected chi connectivity index (χ1v) is 21.0. The van der Waals surface area contributed by atoms with E-state index >= 15 is 0 Å². The van der Waals surface area contributed by atoms with Gasteiger partial charge < -0.3 is 58.7 Å². The second-order valence-electron chi connectivity index (χ2n) is 17.3. The van der Waals surface area contributed by atoms with E-state index in [-0.39, 0.29) is 37.6 Å². The molecular formula is C44H72O13. The SMILES string of the molecule is CCCCC[C@@H]1OCO[C@@]2(C)/C=C(C)/C=C/C(=O)O[C@H]([C@@H](C)[C@@H](O)[C@H](C)[C@@]3(O)C[C@@H](OC4C[C@@H](O)[C@H](O)[C@@H](C)O4)[C@H](C)[C@@H](C)O3)[C@@H](OC)/C=C/C=C(\C)C[C@@H]1[C@@H]2O. The molecule has 0 saturated carbocycles. The van der Waals surface area contributed by atoms with E-state index in [1.807, 2.05) is 52.8 Å². The second-order valence-corrected chi connectivity index (χ2v) is 17.3. The number of aliphatic hydroxyl groups is 5. The highest BCUT2D eigenvalue weighted by atomic mass is 16.7. The predicted octanol–water partition coefficient (Wildman–Crippen LogP) is 5.02. The lowest BCUT2D eigenvalue weighted by molar-refractivity contribution is -0.343. The quantitative estimate of drug-likeness (QED) is 0.139. The van der Waals surface area contributed by atoms with Crippen molar-refractivity contribution in [3.63, 3.8) is 0 Å². The summed E-state index contributed by atoms with van der Waals surface area (Å²) in [6.45, 7) is 16.7. The van der Waals surface area contributed by atoms with Gasteiger partial charge in [-0.25, -0.2) is 4.79 Å². The molecule has 13 nitrogen and oxygen atoms in total. The Hall–Kier alpha value is -2.01. The predicted molar refractivity (Wildman–Crippen MR) is 213 cm³/mol. The average molecular weight is 809 g/mol. The smallest absolute Gasteiger partial charge is 0.331 e. The molecule has 17 atom stereocenters. The highest BCUT2D eigenvalue weighted by Crippen LogP contribution is 2.42. The molecule has 13 heteroatoms. The van der Waals surface area contributed by atoms with Crippen molar-refractivity contribution in [3.05, 3.63) is 47.6 Å². The zero-order chi connectivity index (χ0) is 42.2. The van der Waals surface area contributed by atoms with Crippen LogP contribution in [0.1, 0.15) is 107 Å². The molecule has 0 radical (unpaired) electrons. The number of fused-ring (bicyclic) bond motifs is 2. The van der Waals surface area contributed by atoms with Crippen LogP contribution in [-0.2, 0) is 38.0 Å². The first-order valence-electron chi connectivity index (χ1n) is 21.0. The highest BCUT2D eigenvalue weighted by Gasteiger charge is 2.52. The first kappa shape index (κ1) is 47.7. The van der Waals surface area contributed by atoms with Gasteiger partial charge in [0, 0.05) is 49.7 Å². The van der Waals surface area contributed by atoms with Gasteiger partial charge in [0.1, 0.15) is 30.7 Å². The van der Waals surface area contributed by atoms with E-state index in [0.717, 1.165) is 31.3 Å². The third-order valence-corrected chi connectivity index (χ3v) is 12.8. The molecule has 0 aromatic heterocycles. The standard InChI is InChI=1S/C44H72O13/c1-11-12-13-16-34-32-20-25(2)15-14-17-35(51-10)41(56-37(46)19-18-26(3)22-43(9,42(32)49)53-24-52-34)28(5)39(47)29(6)44(50)23-36(27(4)30(7)57-44)55-38-21-33(45)40(48)31(8)54-38/h14-15,17-19,22,27-36,38-42,45,47-50H,11-13,16,20-21,23-24H2,1-10H3/b17-14+,19-18+,25-15+,26-22+/t27-,28+,29+,30-,31-,32+,33-,34+,35+,36-,38?,39-,40-,41-,42+,43+,44-/m1/s1. The minimum absolute atomic E-state index is 0.00431. The van der Waals surface area contributed by atoms with Crippen molar-refractivity contribution < 1.29 is 63.5 Å². The van der Waals surface area contributed by atoms with Gasteiger partial charge >= 0.3 is 5.97 Å². The van der Waals surface area contributed by atoms with Crippen LogP contribution in [0.25, 0.3) is 0 Å². The molecule has 5 N–H and O–H groups in total. The number of ether oxygens (including phenoxy) is 7. The van der Waals surface area contributed by atoms with Gasteiger partial charge in [0.05, 0.1) is 42.7 Å². The number of methoxy groups -OCH3 is 1. The molecule has 0 aromatic rings. The Morgan fingerprint density at radius 2 is 1.77 bits per heavy atom. The Balaban J connectivity index is 1.61. The Bertz CT molecular complexity index is 1400. The summed E-state index contributed by atoms with van der Waals surface area (Å²) in [5.74, 6) is -4.60. The molecule has 0 amide bonds. The molecule has 0 spiro atoms. The molecule has 4 rings (SSSR count). The van der Waals surface area contributed by atoms with E-state index in [2.05, 4.69) is 6.92 Å². The van der Waals surface area contributed by atoms with Crippen molar-refractivity contribution in [2.75, 3.05) is 13.9 Å². The monoisotopic (exact) mass is 808 g/mol. The Morgan fingerprint density at radius 1 is 1.05 bits per heavy atom. The number of esters is 1. The number of unbranched alkanes of at least 4 members (excludes halogenated alkanes) is 2. The molecule has 4 aliphatic rings. The van der Waals surface area contributed by atoms with Crippen molar-refractivity contribution in [1.29, 1.82) is 0 Å². The molecule has 0 aliphatic carbocycles. The van der Waals surface area contributed by atoms with Crippen LogP contribution in [0.15, 0.2) is 47.6 Å².